The highest BCUT2D eigenvalue weighted by Gasteiger charge is 2.28. The molecule has 0 spiro atoms. The number of rotatable bonds is 3. The Kier molecular flexibility index (Phi) is 4.01. The first-order valence-corrected chi connectivity index (χ1v) is 7.65. The van der Waals surface area contributed by atoms with E-state index in [2.05, 4.69) is 16.7 Å². The lowest BCUT2D eigenvalue weighted by atomic mass is 9.86. The summed E-state index contributed by atoms with van der Waals surface area (Å²) in [7, 11) is 3.31. The third-order valence-electron chi connectivity index (χ3n) is 4.14. The average Bonchev–Trinajstić information content (AvgIpc) is 2.53. The fourth-order valence-electron chi connectivity index (χ4n) is 3.10. The molecule has 0 amide bonds. The van der Waals surface area contributed by atoms with Crippen molar-refractivity contribution in [2.24, 2.45) is 0 Å². The Bertz CT molecular complexity index is 598. The van der Waals surface area contributed by atoms with E-state index in [0.29, 0.717) is 5.11 Å². The standard InChI is InChI=1S/C16H20N2O2S/c1-19-13-8-7-10(9-14(13)20-2)15-11-5-3-4-6-12(11)17-16(21)18-15/h7-9,15H,3-6H2,1-2H3,(H2,17,18,21). The number of hydrogen-bond donors (Lipinski definition) is 2. The van der Waals surface area contributed by atoms with Crippen LogP contribution in [0.5, 0.6) is 11.5 Å². The van der Waals surface area contributed by atoms with Crippen LogP contribution in [0.3, 0.4) is 0 Å². The third kappa shape index (κ3) is 2.70. The predicted octanol–water partition coefficient (Wildman–Crippen LogP) is 3.05. The van der Waals surface area contributed by atoms with Gasteiger partial charge in [0, 0.05) is 5.70 Å². The molecule has 1 heterocycles. The molecule has 2 aliphatic rings. The first-order valence-electron chi connectivity index (χ1n) is 7.24. The van der Waals surface area contributed by atoms with E-state index in [9.17, 15) is 0 Å². The second-order valence-corrected chi connectivity index (χ2v) is 5.77. The summed E-state index contributed by atoms with van der Waals surface area (Å²) < 4.78 is 10.7. The summed E-state index contributed by atoms with van der Waals surface area (Å²) in [5, 5.41) is 7.40. The van der Waals surface area contributed by atoms with Crippen LogP contribution in [0, 0.1) is 0 Å². The van der Waals surface area contributed by atoms with Crippen LogP contribution in [0.1, 0.15) is 37.3 Å². The summed E-state index contributed by atoms with van der Waals surface area (Å²) in [5.74, 6) is 1.50. The van der Waals surface area contributed by atoms with Crippen molar-refractivity contribution in [2.45, 2.75) is 31.7 Å². The van der Waals surface area contributed by atoms with Crippen LogP contribution in [0.15, 0.2) is 29.5 Å². The molecule has 1 aromatic carbocycles. The van der Waals surface area contributed by atoms with Crippen LogP contribution in [0.2, 0.25) is 0 Å². The van der Waals surface area contributed by atoms with Crippen molar-refractivity contribution in [3.8, 4) is 11.5 Å². The lowest BCUT2D eigenvalue weighted by Gasteiger charge is -2.35. The molecule has 0 fully saturated rings. The Balaban J connectivity index is 2.00. The molecule has 2 N–H and O–H groups in total. The van der Waals surface area contributed by atoms with Crippen LogP contribution >= 0.6 is 12.2 Å². The van der Waals surface area contributed by atoms with E-state index < -0.39 is 0 Å². The number of nitrogens with one attached hydrogen (secondary N) is 2. The van der Waals surface area contributed by atoms with Crippen molar-refractivity contribution >= 4 is 17.3 Å². The van der Waals surface area contributed by atoms with Gasteiger partial charge >= 0.3 is 0 Å². The van der Waals surface area contributed by atoms with Crippen LogP contribution in [0.4, 0.5) is 0 Å². The quantitative estimate of drug-likeness (QED) is 0.840. The maximum absolute atomic E-state index is 5.41. The molecule has 1 atom stereocenters. The van der Waals surface area contributed by atoms with Gasteiger partial charge in [-0.1, -0.05) is 6.07 Å². The highest BCUT2D eigenvalue weighted by atomic mass is 32.1. The molecule has 5 heteroatoms. The van der Waals surface area contributed by atoms with Crippen molar-refractivity contribution in [1.82, 2.24) is 10.6 Å². The second kappa shape index (κ2) is 5.93. The van der Waals surface area contributed by atoms with Gasteiger partial charge in [-0.25, -0.2) is 0 Å². The first kappa shape index (κ1) is 14.2. The van der Waals surface area contributed by atoms with Crippen LogP contribution in [0.25, 0.3) is 0 Å². The topological polar surface area (TPSA) is 42.5 Å². The molecule has 1 aliphatic heterocycles. The number of allylic oxidation sites excluding steroid dienone is 1. The minimum atomic E-state index is 0.133. The Morgan fingerprint density at radius 2 is 1.86 bits per heavy atom. The summed E-state index contributed by atoms with van der Waals surface area (Å²) in [6.45, 7) is 0. The lowest BCUT2D eigenvalue weighted by molar-refractivity contribution is 0.354. The maximum atomic E-state index is 5.41. The number of benzene rings is 1. The molecule has 4 nitrogen and oxygen atoms in total. The largest absolute Gasteiger partial charge is 0.493 e. The van der Waals surface area contributed by atoms with E-state index in [1.807, 2.05) is 12.1 Å². The monoisotopic (exact) mass is 304 g/mol. The maximum Gasteiger partial charge on any atom is 0.171 e. The normalized spacial score (nSPS) is 21.2. The van der Waals surface area contributed by atoms with Crippen LogP contribution in [-0.4, -0.2) is 19.3 Å². The van der Waals surface area contributed by atoms with Crippen molar-refractivity contribution in [1.29, 1.82) is 0 Å². The van der Waals surface area contributed by atoms with E-state index in [1.165, 1.54) is 24.1 Å². The Morgan fingerprint density at radius 1 is 1.10 bits per heavy atom. The summed E-state index contributed by atoms with van der Waals surface area (Å²) >= 11 is 5.35. The van der Waals surface area contributed by atoms with E-state index in [0.717, 1.165) is 29.9 Å². The molecule has 0 saturated heterocycles. The molecule has 0 saturated carbocycles. The molecule has 0 radical (unpaired) electrons. The fourth-order valence-corrected chi connectivity index (χ4v) is 3.34. The lowest BCUT2D eigenvalue weighted by Crippen LogP contribution is -2.44. The van der Waals surface area contributed by atoms with Gasteiger partial charge in [0.2, 0.25) is 0 Å². The van der Waals surface area contributed by atoms with Crippen LogP contribution in [-0.2, 0) is 0 Å². The van der Waals surface area contributed by atoms with Gasteiger partial charge < -0.3 is 20.1 Å². The van der Waals surface area contributed by atoms with Gasteiger partial charge in [-0.2, -0.15) is 0 Å². The SMILES string of the molecule is COc1ccc(C2NC(=S)NC3=C2CCCC3)cc1OC. The van der Waals surface area contributed by atoms with Gasteiger partial charge in [-0.3, -0.25) is 0 Å². The molecular weight excluding hydrogens is 284 g/mol. The molecule has 3 rings (SSSR count). The van der Waals surface area contributed by atoms with Gasteiger partial charge in [0.05, 0.1) is 20.3 Å². The second-order valence-electron chi connectivity index (χ2n) is 5.36. The Labute approximate surface area is 130 Å². The van der Waals surface area contributed by atoms with Gasteiger partial charge in [0.15, 0.2) is 16.6 Å². The van der Waals surface area contributed by atoms with Crippen molar-refractivity contribution in [3.05, 3.63) is 35.0 Å². The summed E-state index contributed by atoms with van der Waals surface area (Å²) in [4.78, 5) is 0. The smallest absolute Gasteiger partial charge is 0.171 e. The van der Waals surface area contributed by atoms with Crippen LogP contribution < -0.4 is 20.1 Å². The molecule has 0 aromatic heterocycles. The minimum Gasteiger partial charge on any atom is -0.493 e. The highest BCUT2D eigenvalue weighted by molar-refractivity contribution is 7.80. The van der Waals surface area contributed by atoms with Gasteiger partial charge in [0.1, 0.15) is 0 Å². The first-order chi connectivity index (χ1) is 10.2. The van der Waals surface area contributed by atoms with Gasteiger partial charge in [-0.15, -0.1) is 0 Å². The molecular formula is C16H20N2O2S. The van der Waals surface area contributed by atoms with E-state index in [1.54, 1.807) is 14.2 Å². The summed E-state index contributed by atoms with van der Waals surface area (Å²) in [5.41, 5.74) is 3.87. The number of methoxy groups -OCH3 is 2. The minimum absolute atomic E-state index is 0.133. The molecule has 1 aromatic rings. The molecule has 21 heavy (non-hydrogen) atoms. The molecule has 1 aliphatic carbocycles. The zero-order valence-corrected chi connectivity index (χ0v) is 13.2. The number of ether oxygens (including phenoxy) is 2. The highest BCUT2D eigenvalue weighted by Crippen LogP contribution is 2.38. The number of hydrogen-bond acceptors (Lipinski definition) is 3. The molecule has 112 valence electrons. The number of thiocarbonyl (C=S) groups is 1. The molecule has 1 unspecified atom stereocenters. The van der Waals surface area contributed by atoms with Crippen molar-refractivity contribution in [3.63, 3.8) is 0 Å². The van der Waals surface area contributed by atoms with E-state index in [4.69, 9.17) is 21.7 Å². The Hall–Kier alpha value is -1.75. The average molecular weight is 304 g/mol. The fraction of sp³-hybridized carbons (Fsp3) is 0.438. The van der Waals surface area contributed by atoms with Gasteiger partial charge in [0.25, 0.3) is 0 Å². The summed E-state index contributed by atoms with van der Waals surface area (Å²) in [6, 6.07) is 6.19. The zero-order chi connectivity index (χ0) is 14.8. The Morgan fingerprint density at radius 3 is 2.62 bits per heavy atom. The zero-order valence-electron chi connectivity index (χ0n) is 12.4. The van der Waals surface area contributed by atoms with Crippen molar-refractivity contribution < 1.29 is 9.47 Å². The third-order valence-corrected chi connectivity index (χ3v) is 4.36. The molecule has 0 bridgehead atoms. The van der Waals surface area contributed by atoms with E-state index in [-0.39, 0.29) is 6.04 Å². The summed E-state index contributed by atoms with van der Waals surface area (Å²) in [6.07, 6.45) is 4.66. The van der Waals surface area contributed by atoms with E-state index >= 15 is 0 Å². The predicted molar refractivity (Wildman–Crippen MR) is 86.7 cm³/mol. The van der Waals surface area contributed by atoms with Gasteiger partial charge in [-0.05, 0) is 61.2 Å². The van der Waals surface area contributed by atoms with Crippen molar-refractivity contribution in [2.75, 3.05) is 14.2 Å².